The second-order valence-corrected chi connectivity index (χ2v) is 12.0. The maximum absolute atomic E-state index is 6.20. The standard InChI is InChI=1S/C40H24BrNO/c41-30-21-28(20-29(22-30)27-16-18-34-33-12-4-6-15-39(33)43-40(34)24-27)26-17-19-38-35(23-26)32-11-3-5-13-37(32)42(38)36-14-7-9-25-8-1-2-10-31(25)36/h1-24H. The quantitative estimate of drug-likeness (QED) is 0.194. The van der Waals surface area contributed by atoms with E-state index in [1.807, 2.05) is 12.1 Å². The fraction of sp³-hybridized carbons (Fsp3) is 0. The van der Waals surface area contributed by atoms with Crippen molar-refractivity contribution in [3.63, 3.8) is 0 Å². The first-order chi connectivity index (χ1) is 21.2. The minimum atomic E-state index is 0.905. The Bertz CT molecular complexity index is 2530. The summed E-state index contributed by atoms with van der Waals surface area (Å²) < 4.78 is 9.65. The maximum Gasteiger partial charge on any atom is 0.136 e. The summed E-state index contributed by atoms with van der Waals surface area (Å²) in [5.41, 5.74) is 10.0. The van der Waals surface area contributed by atoms with Crippen molar-refractivity contribution in [1.82, 2.24) is 4.57 Å². The number of aromatic nitrogens is 1. The summed E-state index contributed by atoms with van der Waals surface area (Å²) in [6, 6.07) is 52.1. The Morgan fingerprint density at radius 1 is 0.419 bits per heavy atom. The van der Waals surface area contributed by atoms with Gasteiger partial charge in [0.25, 0.3) is 0 Å². The van der Waals surface area contributed by atoms with Crippen molar-refractivity contribution < 1.29 is 4.42 Å². The van der Waals surface area contributed by atoms with Crippen LogP contribution in [-0.2, 0) is 0 Å². The van der Waals surface area contributed by atoms with Crippen LogP contribution in [0.5, 0.6) is 0 Å². The molecule has 2 nitrogen and oxygen atoms in total. The molecule has 0 saturated carbocycles. The van der Waals surface area contributed by atoms with Gasteiger partial charge in [-0.05, 0) is 88.3 Å². The van der Waals surface area contributed by atoms with Gasteiger partial charge in [0.2, 0.25) is 0 Å². The van der Waals surface area contributed by atoms with E-state index in [1.165, 1.54) is 43.8 Å². The molecule has 0 amide bonds. The zero-order chi connectivity index (χ0) is 28.5. The third kappa shape index (κ3) is 3.86. The van der Waals surface area contributed by atoms with Gasteiger partial charge in [0.05, 0.1) is 16.7 Å². The Labute approximate surface area is 256 Å². The average Bonchev–Trinajstić information content (AvgIpc) is 3.59. The second kappa shape index (κ2) is 9.45. The van der Waals surface area contributed by atoms with Crippen LogP contribution in [-0.4, -0.2) is 4.57 Å². The minimum Gasteiger partial charge on any atom is -0.456 e. The van der Waals surface area contributed by atoms with Crippen LogP contribution in [0.15, 0.2) is 154 Å². The summed E-state index contributed by atoms with van der Waals surface area (Å²) in [7, 11) is 0. The smallest absolute Gasteiger partial charge is 0.136 e. The van der Waals surface area contributed by atoms with Crippen LogP contribution < -0.4 is 0 Å². The summed E-state index contributed by atoms with van der Waals surface area (Å²) in [4.78, 5) is 0. The molecule has 202 valence electrons. The third-order valence-electron chi connectivity index (χ3n) is 8.62. The number of furan rings is 1. The van der Waals surface area contributed by atoms with Gasteiger partial charge in [0, 0.05) is 31.4 Å². The highest BCUT2D eigenvalue weighted by Gasteiger charge is 2.16. The number of hydrogen-bond acceptors (Lipinski definition) is 1. The zero-order valence-corrected chi connectivity index (χ0v) is 24.7. The molecule has 7 aromatic carbocycles. The van der Waals surface area contributed by atoms with Crippen LogP contribution in [0.3, 0.4) is 0 Å². The first-order valence-electron chi connectivity index (χ1n) is 14.5. The van der Waals surface area contributed by atoms with Crippen molar-refractivity contribution in [2.24, 2.45) is 0 Å². The lowest BCUT2D eigenvalue weighted by Crippen LogP contribution is -1.95. The number of rotatable bonds is 3. The fourth-order valence-electron chi connectivity index (χ4n) is 6.64. The Hall–Kier alpha value is -5.12. The van der Waals surface area contributed by atoms with E-state index in [1.54, 1.807) is 0 Å². The molecule has 0 unspecified atom stereocenters. The summed E-state index contributed by atoms with van der Waals surface area (Å²) in [5.74, 6) is 0. The van der Waals surface area contributed by atoms with Crippen LogP contribution in [0, 0.1) is 0 Å². The van der Waals surface area contributed by atoms with Crippen molar-refractivity contribution in [2.75, 3.05) is 0 Å². The summed E-state index contributed by atoms with van der Waals surface area (Å²) in [5, 5.41) is 7.27. The summed E-state index contributed by atoms with van der Waals surface area (Å²) in [6.45, 7) is 0. The lowest BCUT2D eigenvalue weighted by Gasteiger charge is -2.12. The molecule has 2 heterocycles. The molecule has 0 N–H and O–H groups in total. The number of para-hydroxylation sites is 2. The summed E-state index contributed by atoms with van der Waals surface area (Å²) >= 11 is 3.81. The molecule has 9 aromatic rings. The van der Waals surface area contributed by atoms with E-state index < -0.39 is 0 Å². The lowest BCUT2D eigenvalue weighted by atomic mass is 9.97. The first-order valence-corrected chi connectivity index (χ1v) is 15.2. The second-order valence-electron chi connectivity index (χ2n) is 11.1. The van der Waals surface area contributed by atoms with E-state index in [9.17, 15) is 0 Å². The maximum atomic E-state index is 6.20. The van der Waals surface area contributed by atoms with Crippen LogP contribution >= 0.6 is 15.9 Å². The number of fused-ring (bicyclic) bond motifs is 7. The predicted octanol–water partition coefficient (Wildman–Crippen LogP) is 11.9. The van der Waals surface area contributed by atoms with Gasteiger partial charge in [-0.1, -0.05) is 101 Å². The van der Waals surface area contributed by atoms with E-state index in [4.69, 9.17) is 4.42 Å². The van der Waals surface area contributed by atoms with Gasteiger partial charge >= 0.3 is 0 Å². The van der Waals surface area contributed by atoms with Crippen molar-refractivity contribution >= 4 is 70.4 Å². The Kier molecular flexibility index (Phi) is 5.38. The SMILES string of the molecule is Brc1cc(-c2ccc3c(c2)oc2ccccc23)cc(-c2ccc3c(c2)c2ccccc2n3-c2cccc3ccccc23)c1. The Balaban J connectivity index is 1.21. The molecular weight excluding hydrogens is 590 g/mol. The van der Waals surface area contributed by atoms with Gasteiger partial charge < -0.3 is 8.98 Å². The monoisotopic (exact) mass is 613 g/mol. The minimum absolute atomic E-state index is 0.905. The normalized spacial score (nSPS) is 11.8. The molecule has 43 heavy (non-hydrogen) atoms. The summed E-state index contributed by atoms with van der Waals surface area (Å²) in [6.07, 6.45) is 0. The Morgan fingerprint density at radius 2 is 1.07 bits per heavy atom. The van der Waals surface area contributed by atoms with Gasteiger partial charge in [-0.2, -0.15) is 0 Å². The predicted molar refractivity (Wildman–Crippen MR) is 184 cm³/mol. The van der Waals surface area contributed by atoms with E-state index in [2.05, 4.69) is 154 Å². The molecule has 0 spiro atoms. The van der Waals surface area contributed by atoms with E-state index in [-0.39, 0.29) is 0 Å². The highest BCUT2D eigenvalue weighted by molar-refractivity contribution is 9.10. The number of hydrogen-bond donors (Lipinski definition) is 0. The van der Waals surface area contributed by atoms with Gasteiger partial charge in [-0.25, -0.2) is 0 Å². The van der Waals surface area contributed by atoms with Crippen LogP contribution in [0.4, 0.5) is 0 Å². The lowest BCUT2D eigenvalue weighted by molar-refractivity contribution is 0.669. The zero-order valence-electron chi connectivity index (χ0n) is 23.1. The van der Waals surface area contributed by atoms with Crippen molar-refractivity contribution in [3.05, 3.63) is 150 Å². The molecule has 9 rings (SSSR count). The van der Waals surface area contributed by atoms with Crippen LogP contribution in [0.25, 0.3) is 82.5 Å². The average molecular weight is 615 g/mol. The van der Waals surface area contributed by atoms with Gasteiger partial charge in [0.15, 0.2) is 0 Å². The van der Waals surface area contributed by atoms with Crippen molar-refractivity contribution in [3.8, 4) is 27.9 Å². The number of nitrogens with zero attached hydrogens (tertiary/aromatic N) is 1. The molecule has 0 atom stereocenters. The van der Waals surface area contributed by atoms with Crippen LogP contribution in [0.2, 0.25) is 0 Å². The van der Waals surface area contributed by atoms with E-state index in [0.717, 1.165) is 43.1 Å². The van der Waals surface area contributed by atoms with Gasteiger partial charge in [0.1, 0.15) is 11.2 Å². The highest BCUT2D eigenvalue weighted by Crippen LogP contribution is 2.39. The molecule has 0 radical (unpaired) electrons. The largest absolute Gasteiger partial charge is 0.456 e. The molecule has 0 bridgehead atoms. The van der Waals surface area contributed by atoms with Gasteiger partial charge in [-0.3, -0.25) is 0 Å². The first kappa shape index (κ1) is 24.5. The van der Waals surface area contributed by atoms with Crippen molar-refractivity contribution in [2.45, 2.75) is 0 Å². The molecule has 2 aromatic heterocycles. The molecule has 0 aliphatic rings. The topological polar surface area (TPSA) is 18.1 Å². The molecule has 0 fully saturated rings. The molecular formula is C40H24BrNO. The van der Waals surface area contributed by atoms with E-state index >= 15 is 0 Å². The number of benzene rings is 7. The third-order valence-corrected chi connectivity index (χ3v) is 9.08. The molecule has 0 aliphatic carbocycles. The highest BCUT2D eigenvalue weighted by atomic mass is 79.9. The fourth-order valence-corrected chi connectivity index (χ4v) is 7.14. The van der Waals surface area contributed by atoms with Gasteiger partial charge in [-0.15, -0.1) is 0 Å². The Morgan fingerprint density at radius 3 is 1.95 bits per heavy atom. The number of halogens is 1. The molecule has 0 aliphatic heterocycles. The molecule has 3 heteroatoms. The van der Waals surface area contributed by atoms with Crippen molar-refractivity contribution in [1.29, 1.82) is 0 Å². The molecule has 0 saturated heterocycles. The van der Waals surface area contributed by atoms with E-state index in [0.29, 0.717) is 0 Å². The van der Waals surface area contributed by atoms with Crippen LogP contribution in [0.1, 0.15) is 0 Å².